The number of nitrogens with two attached hydrogens (primary N) is 2. The maximum Gasteiger partial charge on any atom is 0.247 e. The van der Waals surface area contributed by atoms with Crippen molar-refractivity contribution in [1.82, 2.24) is 5.01 Å². The smallest absolute Gasteiger partial charge is 0.247 e. The van der Waals surface area contributed by atoms with Crippen molar-refractivity contribution in [2.24, 2.45) is 11.6 Å². The number of hydrazine groups is 1. The SMILES string of the molecule is COc1cccc(CC(=O)N(N)C(N)=S)c1OC. The molecule has 1 aromatic rings. The van der Waals surface area contributed by atoms with E-state index in [4.69, 9.17) is 21.1 Å². The fourth-order valence-electron chi connectivity index (χ4n) is 1.46. The third-order valence-corrected chi connectivity index (χ3v) is 2.53. The molecule has 0 aromatic heterocycles. The molecule has 0 fully saturated rings. The highest BCUT2D eigenvalue weighted by Crippen LogP contribution is 2.31. The average Bonchev–Trinajstić information content (AvgIpc) is 2.37. The van der Waals surface area contributed by atoms with Crippen LogP contribution in [0.3, 0.4) is 0 Å². The predicted octanol–water partition coefficient (Wildman–Crippen LogP) is 0.192. The molecule has 0 aliphatic carbocycles. The quantitative estimate of drug-likeness (QED) is 0.351. The molecule has 1 aromatic carbocycles. The summed E-state index contributed by atoms with van der Waals surface area (Å²) < 4.78 is 10.3. The van der Waals surface area contributed by atoms with Gasteiger partial charge in [-0.15, -0.1) is 0 Å². The number of methoxy groups -OCH3 is 2. The van der Waals surface area contributed by atoms with Crippen molar-refractivity contribution in [3.05, 3.63) is 23.8 Å². The fourth-order valence-corrected chi connectivity index (χ4v) is 1.57. The Hall–Kier alpha value is -1.86. The number of thiocarbonyl (C=S) groups is 1. The van der Waals surface area contributed by atoms with Gasteiger partial charge in [0.1, 0.15) is 0 Å². The van der Waals surface area contributed by atoms with E-state index in [1.807, 2.05) is 0 Å². The molecular formula is C11H15N3O3S. The monoisotopic (exact) mass is 269 g/mol. The third kappa shape index (κ3) is 3.08. The number of hydrogen-bond acceptors (Lipinski definition) is 5. The van der Waals surface area contributed by atoms with Gasteiger partial charge in [-0.25, -0.2) is 10.9 Å². The van der Waals surface area contributed by atoms with Crippen LogP contribution >= 0.6 is 12.2 Å². The number of rotatable bonds is 4. The zero-order valence-electron chi connectivity index (χ0n) is 10.2. The standard InChI is InChI=1S/C11H15N3O3S/c1-16-8-5-3-4-7(10(8)17-2)6-9(15)14(13)11(12)18/h3-5H,6,13H2,1-2H3,(H2,12,18). The van der Waals surface area contributed by atoms with Gasteiger partial charge in [-0.05, 0) is 18.3 Å². The normalized spacial score (nSPS) is 9.72. The Labute approximate surface area is 110 Å². The number of carbonyl (C=O) groups is 1. The molecule has 0 atom stereocenters. The first-order valence-corrected chi connectivity index (χ1v) is 5.49. The van der Waals surface area contributed by atoms with Gasteiger partial charge in [0.25, 0.3) is 0 Å². The summed E-state index contributed by atoms with van der Waals surface area (Å²) >= 11 is 4.62. The zero-order valence-corrected chi connectivity index (χ0v) is 11.0. The molecule has 7 heteroatoms. The van der Waals surface area contributed by atoms with Crippen LogP contribution in [-0.2, 0) is 11.2 Å². The third-order valence-electron chi connectivity index (χ3n) is 2.33. The van der Waals surface area contributed by atoms with E-state index in [0.29, 0.717) is 17.1 Å². The summed E-state index contributed by atoms with van der Waals surface area (Å²) in [6.45, 7) is 0. The van der Waals surface area contributed by atoms with Crippen LogP contribution < -0.4 is 21.1 Å². The highest BCUT2D eigenvalue weighted by Gasteiger charge is 2.17. The van der Waals surface area contributed by atoms with Crippen LogP contribution in [0.2, 0.25) is 0 Å². The molecule has 0 bridgehead atoms. The van der Waals surface area contributed by atoms with Crippen LogP contribution in [0.15, 0.2) is 18.2 Å². The lowest BCUT2D eigenvalue weighted by atomic mass is 10.1. The first-order chi connectivity index (χ1) is 8.51. The minimum absolute atomic E-state index is 0.0220. The van der Waals surface area contributed by atoms with Crippen molar-refractivity contribution in [1.29, 1.82) is 0 Å². The molecule has 0 spiro atoms. The number of benzene rings is 1. The molecule has 18 heavy (non-hydrogen) atoms. The van der Waals surface area contributed by atoms with Gasteiger partial charge in [0.05, 0.1) is 20.6 Å². The molecule has 4 N–H and O–H groups in total. The van der Waals surface area contributed by atoms with Gasteiger partial charge in [0.2, 0.25) is 5.91 Å². The summed E-state index contributed by atoms with van der Waals surface area (Å²) in [6.07, 6.45) is 0.0220. The molecule has 6 nitrogen and oxygen atoms in total. The van der Waals surface area contributed by atoms with E-state index >= 15 is 0 Å². The fraction of sp³-hybridized carbons (Fsp3) is 0.273. The van der Waals surface area contributed by atoms with Crippen LogP contribution in [0.4, 0.5) is 0 Å². The second-order valence-electron chi connectivity index (χ2n) is 3.43. The summed E-state index contributed by atoms with van der Waals surface area (Å²) in [5, 5.41) is 0.552. The molecule has 98 valence electrons. The van der Waals surface area contributed by atoms with Crippen molar-refractivity contribution in [3.8, 4) is 11.5 Å². The number of ether oxygens (including phenoxy) is 2. The minimum Gasteiger partial charge on any atom is -0.493 e. The Kier molecular flexibility index (Phi) is 4.87. The summed E-state index contributed by atoms with van der Waals surface area (Å²) in [7, 11) is 3.02. The van der Waals surface area contributed by atoms with Crippen molar-refractivity contribution in [2.45, 2.75) is 6.42 Å². The van der Waals surface area contributed by atoms with Crippen LogP contribution in [0, 0.1) is 0 Å². The highest BCUT2D eigenvalue weighted by molar-refractivity contribution is 7.80. The molecule has 1 amide bonds. The molecule has 0 unspecified atom stereocenters. The molecule has 0 aliphatic heterocycles. The molecule has 1 rings (SSSR count). The van der Waals surface area contributed by atoms with Crippen LogP contribution in [0.25, 0.3) is 0 Å². The van der Waals surface area contributed by atoms with E-state index in [1.165, 1.54) is 14.2 Å². The van der Waals surface area contributed by atoms with Gasteiger partial charge in [0.15, 0.2) is 16.6 Å². The van der Waals surface area contributed by atoms with Gasteiger partial charge in [0, 0.05) is 5.56 Å². The van der Waals surface area contributed by atoms with Crippen LogP contribution in [0.5, 0.6) is 11.5 Å². The van der Waals surface area contributed by atoms with Crippen molar-refractivity contribution in [3.63, 3.8) is 0 Å². The number of amides is 1. The van der Waals surface area contributed by atoms with E-state index < -0.39 is 5.91 Å². The lowest BCUT2D eigenvalue weighted by Crippen LogP contribution is -2.46. The van der Waals surface area contributed by atoms with Gasteiger partial charge >= 0.3 is 0 Å². The van der Waals surface area contributed by atoms with E-state index in [1.54, 1.807) is 18.2 Å². The first-order valence-electron chi connectivity index (χ1n) is 5.08. The van der Waals surface area contributed by atoms with Crippen LogP contribution in [-0.4, -0.2) is 30.2 Å². The van der Waals surface area contributed by atoms with Gasteiger partial charge in [-0.2, -0.15) is 0 Å². The number of nitrogens with zero attached hydrogens (tertiary/aromatic N) is 1. The van der Waals surface area contributed by atoms with Gasteiger partial charge in [-0.3, -0.25) is 4.79 Å². The van der Waals surface area contributed by atoms with Gasteiger partial charge in [-0.1, -0.05) is 12.1 Å². The maximum atomic E-state index is 11.8. The summed E-state index contributed by atoms with van der Waals surface area (Å²) in [6, 6.07) is 5.23. The summed E-state index contributed by atoms with van der Waals surface area (Å²) in [5.41, 5.74) is 5.92. The summed E-state index contributed by atoms with van der Waals surface area (Å²) in [5.74, 6) is 6.03. The van der Waals surface area contributed by atoms with E-state index in [-0.39, 0.29) is 11.5 Å². The molecular weight excluding hydrogens is 254 g/mol. The van der Waals surface area contributed by atoms with Gasteiger partial charge < -0.3 is 15.2 Å². The van der Waals surface area contributed by atoms with Crippen molar-refractivity contribution in [2.75, 3.05) is 14.2 Å². The second-order valence-corrected chi connectivity index (χ2v) is 3.85. The Balaban J connectivity index is 2.97. The van der Waals surface area contributed by atoms with Crippen molar-refractivity contribution >= 4 is 23.2 Å². The van der Waals surface area contributed by atoms with Crippen LogP contribution in [0.1, 0.15) is 5.56 Å². The number of para-hydroxylation sites is 1. The largest absolute Gasteiger partial charge is 0.493 e. The highest BCUT2D eigenvalue weighted by atomic mass is 32.1. The van der Waals surface area contributed by atoms with E-state index in [2.05, 4.69) is 12.2 Å². The first kappa shape index (κ1) is 14.2. The minimum atomic E-state index is -0.422. The average molecular weight is 269 g/mol. The molecule has 0 saturated carbocycles. The summed E-state index contributed by atoms with van der Waals surface area (Å²) in [4.78, 5) is 11.8. The molecule has 0 saturated heterocycles. The Morgan fingerprint density at radius 3 is 2.56 bits per heavy atom. The zero-order chi connectivity index (χ0) is 13.7. The lowest BCUT2D eigenvalue weighted by molar-refractivity contribution is -0.126. The molecule has 0 radical (unpaired) electrons. The van der Waals surface area contributed by atoms with E-state index in [9.17, 15) is 4.79 Å². The Morgan fingerprint density at radius 1 is 1.39 bits per heavy atom. The predicted molar refractivity (Wildman–Crippen MR) is 71.1 cm³/mol. The van der Waals surface area contributed by atoms with Crippen molar-refractivity contribution < 1.29 is 14.3 Å². The maximum absolute atomic E-state index is 11.8. The Bertz CT molecular complexity index is 465. The topological polar surface area (TPSA) is 90.8 Å². The Morgan fingerprint density at radius 2 is 2.06 bits per heavy atom. The van der Waals surface area contributed by atoms with E-state index in [0.717, 1.165) is 5.01 Å². The number of carbonyl (C=O) groups excluding carboxylic acids is 1. The second kappa shape index (κ2) is 6.18. The molecule has 0 heterocycles. The number of hydrogen-bond donors (Lipinski definition) is 2. The lowest BCUT2D eigenvalue weighted by Gasteiger charge is -2.16. The molecule has 0 aliphatic rings.